The third-order valence-corrected chi connectivity index (χ3v) is 4.21. The van der Waals surface area contributed by atoms with E-state index in [1.54, 1.807) is 11.8 Å². The van der Waals surface area contributed by atoms with Gasteiger partial charge in [-0.2, -0.15) is 0 Å². The van der Waals surface area contributed by atoms with Crippen LogP contribution < -0.4 is 5.32 Å². The zero-order valence-electron chi connectivity index (χ0n) is 10.2. The van der Waals surface area contributed by atoms with Gasteiger partial charge in [0, 0.05) is 10.6 Å². The molecule has 0 aromatic heterocycles. The van der Waals surface area contributed by atoms with E-state index in [0.717, 1.165) is 17.7 Å². The number of rotatable bonds is 3. The molecule has 0 spiro atoms. The number of benzene rings is 1. The molecule has 0 aliphatic carbocycles. The Hall–Kier alpha value is -1.00. The van der Waals surface area contributed by atoms with E-state index in [1.165, 1.54) is 4.90 Å². The number of hydrogen-bond donors (Lipinski definition) is 1. The average molecular weight is 251 g/mol. The van der Waals surface area contributed by atoms with Gasteiger partial charge in [-0.15, -0.1) is 11.8 Å². The summed E-state index contributed by atoms with van der Waals surface area (Å²) in [5, 5.41) is 3.17. The van der Waals surface area contributed by atoms with E-state index in [-0.39, 0.29) is 5.97 Å². The summed E-state index contributed by atoms with van der Waals surface area (Å²) < 4.78 is 5.22. The number of fused-ring (bicyclic) bond motifs is 1. The first-order valence-corrected chi connectivity index (χ1v) is 6.81. The van der Waals surface area contributed by atoms with Crippen molar-refractivity contribution in [2.75, 3.05) is 19.4 Å². The molecule has 17 heavy (non-hydrogen) atoms. The zero-order valence-corrected chi connectivity index (χ0v) is 11.0. The second kappa shape index (κ2) is 5.10. The minimum atomic E-state index is -0.669. The van der Waals surface area contributed by atoms with Crippen molar-refractivity contribution in [1.82, 2.24) is 5.32 Å². The van der Waals surface area contributed by atoms with E-state index >= 15 is 0 Å². The zero-order chi connectivity index (χ0) is 12.3. The van der Waals surface area contributed by atoms with Gasteiger partial charge in [-0.1, -0.05) is 18.2 Å². The van der Waals surface area contributed by atoms with Gasteiger partial charge in [0.1, 0.15) is 5.54 Å². The fourth-order valence-electron chi connectivity index (χ4n) is 2.22. The van der Waals surface area contributed by atoms with Crippen LogP contribution in [0.4, 0.5) is 0 Å². The third kappa shape index (κ3) is 2.07. The quantitative estimate of drug-likeness (QED) is 0.836. The normalized spacial score (nSPS) is 22.9. The van der Waals surface area contributed by atoms with Crippen molar-refractivity contribution in [1.29, 1.82) is 0 Å². The van der Waals surface area contributed by atoms with Gasteiger partial charge < -0.3 is 10.1 Å². The summed E-state index contributed by atoms with van der Waals surface area (Å²) in [6.07, 6.45) is 0.768. The van der Waals surface area contributed by atoms with Crippen molar-refractivity contribution in [3.8, 4) is 0 Å². The van der Waals surface area contributed by atoms with Crippen LogP contribution in [-0.4, -0.2) is 25.4 Å². The molecular weight excluding hydrogens is 234 g/mol. The number of likely N-dealkylation sites (N-methyl/N-ethyl adjacent to an activating group) is 1. The Balaban J connectivity index is 2.45. The number of hydrogen-bond acceptors (Lipinski definition) is 4. The van der Waals surface area contributed by atoms with E-state index in [0.29, 0.717) is 6.61 Å². The molecule has 2 rings (SSSR count). The molecule has 0 saturated carbocycles. The standard InChI is InChI=1S/C13H17NO2S/c1-3-16-12(15)13(14-2)8-9-17-11-7-5-4-6-10(11)13/h4-7,14H,3,8-9H2,1-2H3. The maximum Gasteiger partial charge on any atom is 0.331 e. The first-order valence-electron chi connectivity index (χ1n) is 5.83. The summed E-state index contributed by atoms with van der Waals surface area (Å²) in [6, 6.07) is 8.04. The van der Waals surface area contributed by atoms with E-state index in [9.17, 15) is 4.79 Å². The molecule has 1 unspecified atom stereocenters. The van der Waals surface area contributed by atoms with Crippen molar-refractivity contribution >= 4 is 17.7 Å². The Morgan fingerprint density at radius 3 is 3.00 bits per heavy atom. The monoisotopic (exact) mass is 251 g/mol. The molecule has 0 radical (unpaired) electrons. The molecule has 1 N–H and O–H groups in total. The molecule has 1 atom stereocenters. The number of carbonyl (C=O) groups is 1. The molecule has 1 heterocycles. The van der Waals surface area contributed by atoms with Crippen LogP contribution in [0.3, 0.4) is 0 Å². The smallest absolute Gasteiger partial charge is 0.331 e. The molecule has 1 aliphatic heterocycles. The largest absolute Gasteiger partial charge is 0.464 e. The van der Waals surface area contributed by atoms with Gasteiger partial charge in [0.25, 0.3) is 0 Å². The Morgan fingerprint density at radius 1 is 1.53 bits per heavy atom. The van der Waals surface area contributed by atoms with Crippen LogP contribution in [-0.2, 0) is 15.1 Å². The van der Waals surface area contributed by atoms with E-state index < -0.39 is 5.54 Å². The lowest BCUT2D eigenvalue weighted by Gasteiger charge is -2.36. The van der Waals surface area contributed by atoms with Gasteiger partial charge in [-0.05, 0) is 32.0 Å². The molecule has 0 fully saturated rings. The first-order chi connectivity index (χ1) is 8.24. The highest BCUT2D eigenvalue weighted by atomic mass is 32.2. The lowest BCUT2D eigenvalue weighted by molar-refractivity contribution is -0.151. The van der Waals surface area contributed by atoms with Crippen LogP contribution in [0.2, 0.25) is 0 Å². The Kier molecular flexibility index (Phi) is 3.74. The number of ether oxygens (including phenoxy) is 1. The van der Waals surface area contributed by atoms with Crippen LogP contribution in [0.15, 0.2) is 29.2 Å². The summed E-state index contributed by atoms with van der Waals surface area (Å²) in [6.45, 7) is 2.25. The van der Waals surface area contributed by atoms with E-state index in [2.05, 4.69) is 11.4 Å². The van der Waals surface area contributed by atoms with Gasteiger partial charge in [-0.25, -0.2) is 4.79 Å². The molecule has 4 heteroatoms. The Morgan fingerprint density at radius 2 is 2.29 bits per heavy atom. The highest BCUT2D eigenvalue weighted by Crippen LogP contribution is 2.40. The van der Waals surface area contributed by atoms with Crippen molar-refractivity contribution in [2.45, 2.75) is 23.8 Å². The maximum absolute atomic E-state index is 12.2. The molecule has 0 amide bonds. The highest BCUT2D eigenvalue weighted by molar-refractivity contribution is 7.99. The van der Waals surface area contributed by atoms with Gasteiger partial charge >= 0.3 is 5.97 Å². The molecule has 0 saturated heterocycles. The van der Waals surface area contributed by atoms with Gasteiger partial charge in [-0.3, -0.25) is 0 Å². The van der Waals surface area contributed by atoms with Crippen LogP contribution in [0, 0.1) is 0 Å². The maximum atomic E-state index is 12.2. The minimum Gasteiger partial charge on any atom is -0.464 e. The van der Waals surface area contributed by atoms with E-state index in [4.69, 9.17) is 4.74 Å². The molecule has 0 bridgehead atoms. The topological polar surface area (TPSA) is 38.3 Å². The fraction of sp³-hybridized carbons (Fsp3) is 0.462. The highest BCUT2D eigenvalue weighted by Gasteiger charge is 2.43. The van der Waals surface area contributed by atoms with Gasteiger partial charge in [0.15, 0.2) is 0 Å². The van der Waals surface area contributed by atoms with Crippen LogP contribution >= 0.6 is 11.8 Å². The molecule has 1 aliphatic rings. The Bertz CT molecular complexity index is 422. The lowest BCUT2D eigenvalue weighted by atomic mass is 9.87. The molecule has 3 nitrogen and oxygen atoms in total. The predicted molar refractivity (Wildman–Crippen MR) is 69.2 cm³/mol. The molecule has 92 valence electrons. The first kappa shape index (κ1) is 12.5. The summed E-state index contributed by atoms with van der Waals surface area (Å²) in [4.78, 5) is 13.4. The molecule has 1 aromatic carbocycles. The number of thioether (sulfide) groups is 1. The van der Waals surface area contributed by atoms with Gasteiger partial charge in [0.2, 0.25) is 0 Å². The Labute approximate surface area is 106 Å². The van der Waals surface area contributed by atoms with Crippen molar-refractivity contribution in [3.63, 3.8) is 0 Å². The molecule has 1 aromatic rings. The van der Waals surface area contributed by atoms with Crippen molar-refractivity contribution in [3.05, 3.63) is 29.8 Å². The predicted octanol–water partition coefficient (Wildman–Crippen LogP) is 2.16. The summed E-state index contributed by atoms with van der Waals surface area (Å²) in [7, 11) is 1.82. The second-order valence-corrected chi connectivity index (χ2v) is 5.11. The van der Waals surface area contributed by atoms with E-state index in [1.807, 2.05) is 32.2 Å². The van der Waals surface area contributed by atoms with Gasteiger partial charge in [0.05, 0.1) is 6.61 Å². The van der Waals surface area contributed by atoms with Crippen LogP contribution in [0.25, 0.3) is 0 Å². The minimum absolute atomic E-state index is 0.171. The summed E-state index contributed by atoms with van der Waals surface area (Å²) in [5.41, 5.74) is 0.370. The van der Waals surface area contributed by atoms with Crippen molar-refractivity contribution in [2.24, 2.45) is 0 Å². The SMILES string of the molecule is CCOC(=O)C1(NC)CCSc2ccccc21. The third-order valence-electron chi connectivity index (χ3n) is 3.13. The van der Waals surface area contributed by atoms with Crippen LogP contribution in [0.1, 0.15) is 18.9 Å². The number of nitrogens with one attached hydrogen (secondary N) is 1. The second-order valence-electron chi connectivity index (χ2n) is 3.97. The lowest BCUT2D eigenvalue weighted by Crippen LogP contribution is -2.50. The summed E-state index contributed by atoms with van der Waals surface area (Å²) in [5.74, 6) is 0.756. The molecular formula is C13H17NO2S. The summed E-state index contributed by atoms with van der Waals surface area (Å²) >= 11 is 1.79. The van der Waals surface area contributed by atoms with Crippen LogP contribution in [0.5, 0.6) is 0 Å². The fourth-order valence-corrected chi connectivity index (χ4v) is 3.42. The number of esters is 1. The average Bonchev–Trinajstić information content (AvgIpc) is 2.38. The van der Waals surface area contributed by atoms with Crippen molar-refractivity contribution < 1.29 is 9.53 Å². The number of carbonyl (C=O) groups excluding carboxylic acids is 1.